The SMILES string of the molecule is O=CCCCC1C=CC2(C1)OCCO2. The highest BCUT2D eigenvalue weighted by Crippen LogP contribution is 2.36. The number of carbonyl (C=O) groups excluding carboxylic acids is 1. The lowest BCUT2D eigenvalue weighted by atomic mass is 10.0. The molecule has 0 aromatic carbocycles. The normalized spacial score (nSPS) is 28.7. The van der Waals surface area contributed by atoms with Gasteiger partial charge in [-0.2, -0.15) is 0 Å². The molecule has 0 amide bonds. The van der Waals surface area contributed by atoms with Crippen LogP contribution in [0.15, 0.2) is 12.2 Å². The molecule has 0 aromatic heterocycles. The van der Waals surface area contributed by atoms with Crippen molar-refractivity contribution in [2.75, 3.05) is 13.2 Å². The molecule has 0 aromatic rings. The zero-order chi connectivity index (χ0) is 9.86. The Hall–Kier alpha value is -0.670. The van der Waals surface area contributed by atoms with Gasteiger partial charge in [0, 0.05) is 12.8 Å². The second-order valence-electron chi connectivity index (χ2n) is 3.93. The highest BCUT2D eigenvalue weighted by Gasteiger charge is 2.39. The fourth-order valence-corrected chi connectivity index (χ4v) is 2.13. The molecule has 1 aliphatic heterocycles. The molecule has 1 unspecified atom stereocenters. The summed E-state index contributed by atoms with van der Waals surface area (Å²) >= 11 is 0. The molecule has 14 heavy (non-hydrogen) atoms. The maximum atomic E-state index is 10.2. The predicted molar refractivity (Wildman–Crippen MR) is 51.8 cm³/mol. The molecular formula is C11H16O3. The van der Waals surface area contributed by atoms with Gasteiger partial charge in [-0.05, 0) is 24.8 Å². The third kappa shape index (κ3) is 2.04. The van der Waals surface area contributed by atoms with E-state index in [0.29, 0.717) is 25.6 Å². The Balaban J connectivity index is 1.77. The van der Waals surface area contributed by atoms with Gasteiger partial charge in [0.05, 0.1) is 13.2 Å². The lowest BCUT2D eigenvalue weighted by Gasteiger charge is -2.20. The third-order valence-electron chi connectivity index (χ3n) is 2.84. The first-order valence-electron chi connectivity index (χ1n) is 5.25. The average Bonchev–Trinajstić information content (AvgIpc) is 2.79. The summed E-state index contributed by atoms with van der Waals surface area (Å²) < 4.78 is 11.1. The Labute approximate surface area is 84.1 Å². The molecule has 0 radical (unpaired) electrons. The van der Waals surface area contributed by atoms with Crippen LogP contribution in [0.1, 0.15) is 25.7 Å². The molecular weight excluding hydrogens is 180 g/mol. The van der Waals surface area contributed by atoms with Gasteiger partial charge in [0.25, 0.3) is 0 Å². The van der Waals surface area contributed by atoms with E-state index in [1.54, 1.807) is 0 Å². The molecule has 1 aliphatic carbocycles. The molecule has 1 heterocycles. The van der Waals surface area contributed by atoms with Crippen molar-refractivity contribution in [3.8, 4) is 0 Å². The van der Waals surface area contributed by atoms with Crippen LogP contribution in [0.25, 0.3) is 0 Å². The number of allylic oxidation sites excluding steroid dienone is 1. The Kier molecular flexibility index (Phi) is 2.99. The van der Waals surface area contributed by atoms with E-state index < -0.39 is 5.79 Å². The van der Waals surface area contributed by atoms with E-state index >= 15 is 0 Å². The van der Waals surface area contributed by atoms with E-state index in [9.17, 15) is 4.79 Å². The predicted octanol–water partition coefficient (Wildman–Crippen LogP) is 1.67. The van der Waals surface area contributed by atoms with Gasteiger partial charge in [0.15, 0.2) is 5.79 Å². The van der Waals surface area contributed by atoms with E-state index in [0.717, 1.165) is 25.5 Å². The number of rotatable bonds is 4. The van der Waals surface area contributed by atoms with Gasteiger partial charge in [0.2, 0.25) is 0 Å². The van der Waals surface area contributed by atoms with Crippen LogP contribution >= 0.6 is 0 Å². The fraction of sp³-hybridized carbons (Fsp3) is 0.727. The van der Waals surface area contributed by atoms with Crippen LogP contribution in [0.2, 0.25) is 0 Å². The largest absolute Gasteiger partial charge is 0.344 e. The highest BCUT2D eigenvalue weighted by atomic mass is 16.7. The Morgan fingerprint density at radius 3 is 2.93 bits per heavy atom. The zero-order valence-electron chi connectivity index (χ0n) is 8.28. The monoisotopic (exact) mass is 196 g/mol. The van der Waals surface area contributed by atoms with Crippen LogP contribution in [0.3, 0.4) is 0 Å². The molecule has 1 fully saturated rings. The molecule has 0 bridgehead atoms. The van der Waals surface area contributed by atoms with Crippen LogP contribution in [0.5, 0.6) is 0 Å². The molecule has 0 N–H and O–H groups in total. The lowest BCUT2D eigenvalue weighted by Crippen LogP contribution is -2.25. The molecule has 3 nitrogen and oxygen atoms in total. The van der Waals surface area contributed by atoms with Crippen LogP contribution in [-0.4, -0.2) is 25.3 Å². The van der Waals surface area contributed by atoms with Crippen molar-refractivity contribution in [3.63, 3.8) is 0 Å². The van der Waals surface area contributed by atoms with Crippen LogP contribution in [0.4, 0.5) is 0 Å². The van der Waals surface area contributed by atoms with Gasteiger partial charge in [-0.1, -0.05) is 6.08 Å². The van der Waals surface area contributed by atoms with E-state index in [1.165, 1.54) is 0 Å². The second kappa shape index (κ2) is 4.24. The summed E-state index contributed by atoms with van der Waals surface area (Å²) in [6.07, 6.45) is 8.79. The van der Waals surface area contributed by atoms with Crippen molar-refractivity contribution in [2.24, 2.45) is 5.92 Å². The summed E-state index contributed by atoms with van der Waals surface area (Å²) in [6, 6.07) is 0. The third-order valence-corrected chi connectivity index (χ3v) is 2.84. The van der Waals surface area contributed by atoms with Crippen molar-refractivity contribution in [1.29, 1.82) is 0 Å². The second-order valence-corrected chi connectivity index (χ2v) is 3.93. The first-order chi connectivity index (χ1) is 6.85. The Morgan fingerprint density at radius 2 is 2.21 bits per heavy atom. The zero-order valence-corrected chi connectivity index (χ0v) is 8.28. The molecule has 2 aliphatic rings. The van der Waals surface area contributed by atoms with Crippen molar-refractivity contribution in [2.45, 2.75) is 31.5 Å². The van der Waals surface area contributed by atoms with Gasteiger partial charge >= 0.3 is 0 Å². The first-order valence-corrected chi connectivity index (χ1v) is 5.25. The topological polar surface area (TPSA) is 35.5 Å². The van der Waals surface area contributed by atoms with Crippen LogP contribution < -0.4 is 0 Å². The number of aldehydes is 1. The Bertz CT molecular complexity index is 229. The molecule has 2 rings (SSSR count). The summed E-state index contributed by atoms with van der Waals surface area (Å²) in [7, 11) is 0. The summed E-state index contributed by atoms with van der Waals surface area (Å²) in [4.78, 5) is 10.2. The van der Waals surface area contributed by atoms with Crippen LogP contribution in [0, 0.1) is 5.92 Å². The first kappa shape index (κ1) is 9.87. The van der Waals surface area contributed by atoms with Gasteiger partial charge in [0.1, 0.15) is 6.29 Å². The van der Waals surface area contributed by atoms with Crippen molar-refractivity contribution < 1.29 is 14.3 Å². The van der Waals surface area contributed by atoms with E-state index in [4.69, 9.17) is 9.47 Å². The minimum Gasteiger partial charge on any atom is -0.344 e. The summed E-state index contributed by atoms with van der Waals surface area (Å²) in [5.74, 6) is 0.110. The van der Waals surface area contributed by atoms with Gasteiger partial charge in [-0.25, -0.2) is 0 Å². The number of hydrogen-bond acceptors (Lipinski definition) is 3. The van der Waals surface area contributed by atoms with Gasteiger partial charge in [-0.3, -0.25) is 0 Å². The standard InChI is InChI=1S/C11H16O3/c12-6-2-1-3-10-4-5-11(9-10)13-7-8-14-11/h4-6,10H,1-3,7-9H2. The lowest BCUT2D eigenvalue weighted by molar-refractivity contribution is -0.120. The Morgan fingerprint density at radius 1 is 1.43 bits per heavy atom. The quantitative estimate of drug-likeness (QED) is 0.390. The smallest absolute Gasteiger partial charge is 0.188 e. The van der Waals surface area contributed by atoms with E-state index in [2.05, 4.69) is 6.08 Å². The van der Waals surface area contributed by atoms with Crippen molar-refractivity contribution in [1.82, 2.24) is 0 Å². The molecule has 0 saturated carbocycles. The average molecular weight is 196 g/mol. The summed E-state index contributed by atoms with van der Waals surface area (Å²) in [5, 5.41) is 0. The van der Waals surface area contributed by atoms with E-state index in [-0.39, 0.29) is 0 Å². The van der Waals surface area contributed by atoms with E-state index in [1.807, 2.05) is 6.08 Å². The van der Waals surface area contributed by atoms with Crippen molar-refractivity contribution >= 4 is 6.29 Å². The minimum absolute atomic E-state index is 0.411. The maximum Gasteiger partial charge on any atom is 0.188 e. The van der Waals surface area contributed by atoms with Crippen LogP contribution in [-0.2, 0) is 14.3 Å². The molecule has 3 heteroatoms. The number of unbranched alkanes of at least 4 members (excludes halogenated alkanes) is 1. The molecule has 1 spiro atoms. The molecule has 1 saturated heterocycles. The van der Waals surface area contributed by atoms with Gasteiger partial charge < -0.3 is 14.3 Å². The maximum absolute atomic E-state index is 10.2. The molecule has 78 valence electrons. The van der Waals surface area contributed by atoms with Gasteiger partial charge in [-0.15, -0.1) is 0 Å². The molecule has 1 atom stereocenters. The number of carbonyl (C=O) groups is 1. The van der Waals surface area contributed by atoms with Crippen molar-refractivity contribution in [3.05, 3.63) is 12.2 Å². The minimum atomic E-state index is -0.411. The number of ether oxygens (including phenoxy) is 2. The highest BCUT2D eigenvalue weighted by molar-refractivity contribution is 5.48. The summed E-state index contributed by atoms with van der Waals surface area (Å²) in [5.41, 5.74) is 0. The number of hydrogen-bond donors (Lipinski definition) is 0. The summed E-state index contributed by atoms with van der Waals surface area (Å²) in [6.45, 7) is 1.40. The fourth-order valence-electron chi connectivity index (χ4n) is 2.13.